The monoisotopic (exact) mass is 211 g/mol. The van der Waals surface area contributed by atoms with Gasteiger partial charge in [-0.05, 0) is 6.92 Å². The summed E-state index contributed by atoms with van der Waals surface area (Å²) in [5.74, 6) is -0.553. The van der Waals surface area contributed by atoms with Crippen molar-refractivity contribution in [3.05, 3.63) is 0 Å². The molecule has 78 valence electrons. The maximum atomic E-state index is 10.7. The van der Waals surface area contributed by atoms with E-state index in [9.17, 15) is 9.59 Å². The molecule has 0 aliphatic carbocycles. The maximum absolute atomic E-state index is 10.7. The van der Waals surface area contributed by atoms with Crippen LogP contribution in [0.15, 0.2) is 0 Å². The van der Waals surface area contributed by atoms with Crippen molar-refractivity contribution in [2.75, 3.05) is 6.61 Å². The van der Waals surface area contributed by atoms with E-state index in [0.29, 0.717) is 6.29 Å². The van der Waals surface area contributed by atoms with Gasteiger partial charge in [0.15, 0.2) is 0 Å². The number of ether oxygens (including phenoxy) is 1. The van der Waals surface area contributed by atoms with Crippen LogP contribution in [0.2, 0.25) is 0 Å². The number of aliphatic hydroxyl groups is 1. The first-order chi connectivity index (χ1) is 5.56. The Kier molecular flexibility index (Phi) is 9.11. The maximum Gasteiger partial charge on any atom is 0.308 e. The van der Waals surface area contributed by atoms with Crippen molar-refractivity contribution in [1.82, 2.24) is 0 Å². The fourth-order valence-electron chi connectivity index (χ4n) is 0.529. The summed E-state index contributed by atoms with van der Waals surface area (Å²) in [7, 11) is 0. The molecule has 0 aromatic heterocycles. The molecule has 0 unspecified atom stereocenters. The molecule has 0 saturated carbocycles. The van der Waals surface area contributed by atoms with Crippen LogP contribution in [-0.2, 0) is 14.3 Å². The summed E-state index contributed by atoms with van der Waals surface area (Å²) in [5.41, 5.74) is 5.14. The van der Waals surface area contributed by atoms with E-state index in [2.05, 4.69) is 4.74 Å². The van der Waals surface area contributed by atoms with Crippen LogP contribution in [0.4, 0.5) is 0 Å². The third kappa shape index (κ3) is 9.26. The average Bonchev–Trinajstić information content (AvgIpc) is 1.99. The zero-order valence-corrected chi connectivity index (χ0v) is 8.12. The minimum absolute atomic E-state index is 0. The van der Waals surface area contributed by atoms with Crippen LogP contribution >= 0.6 is 12.4 Å². The van der Waals surface area contributed by atoms with Gasteiger partial charge in [0.25, 0.3) is 0 Å². The Morgan fingerprint density at radius 3 is 2.62 bits per heavy atom. The lowest BCUT2D eigenvalue weighted by Gasteiger charge is -2.07. The molecule has 2 atom stereocenters. The van der Waals surface area contributed by atoms with Gasteiger partial charge in [-0.25, -0.2) is 0 Å². The number of aldehydes is 1. The predicted octanol–water partition coefficient (Wildman–Crippen LogP) is -0.751. The van der Waals surface area contributed by atoms with Crippen molar-refractivity contribution in [2.24, 2.45) is 5.73 Å². The Balaban J connectivity index is 0. The fraction of sp³-hybridized carbons (Fsp3) is 0.714. The molecule has 0 amide bonds. The van der Waals surface area contributed by atoms with Gasteiger partial charge in [0.05, 0.1) is 18.6 Å². The lowest BCUT2D eigenvalue weighted by atomic mass is 10.3. The number of hydrogen-bond acceptors (Lipinski definition) is 5. The molecular weight excluding hydrogens is 198 g/mol. The number of carbonyl (C=O) groups excluding carboxylic acids is 2. The van der Waals surface area contributed by atoms with Gasteiger partial charge >= 0.3 is 5.97 Å². The highest BCUT2D eigenvalue weighted by atomic mass is 35.5. The number of nitrogens with two attached hydrogens (primary N) is 1. The van der Waals surface area contributed by atoms with Crippen molar-refractivity contribution in [2.45, 2.75) is 25.5 Å². The third-order valence-corrected chi connectivity index (χ3v) is 1.07. The first-order valence-electron chi connectivity index (χ1n) is 3.60. The van der Waals surface area contributed by atoms with Crippen molar-refractivity contribution < 1.29 is 19.4 Å². The van der Waals surface area contributed by atoms with E-state index in [1.165, 1.54) is 6.92 Å². The summed E-state index contributed by atoms with van der Waals surface area (Å²) in [4.78, 5) is 20.7. The van der Waals surface area contributed by atoms with Crippen LogP contribution in [-0.4, -0.2) is 36.1 Å². The SMILES string of the molecule is C[C@@H](O)CC(=O)OC[C@@H](N)C=O.Cl. The zero-order chi connectivity index (χ0) is 9.56. The first-order valence-corrected chi connectivity index (χ1v) is 3.60. The van der Waals surface area contributed by atoms with Gasteiger partial charge in [-0.3, -0.25) is 4.79 Å². The summed E-state index contributed by atoms with van der Waals surface area (Å²) in [6.45, 7) is 1.34. The van der Waals surface area contributed by atoms with E-state index in [1.54, 1.807) is 0 Å². The molecule has 5 nitrogen and oxygen atoms in total. The van der Waals surface area contributed by atoms with Gasteiger partial charge in [0.2, 0.25) is 0 Å². The van der Waals surface area contributed by atoms with Crippen LogP contribution in [0.1, 0.15) is 13.3 Å². The van der Waals surface area contributed by atoms with Crippen LogP contribution < -0.4 is 5.73 Å². The normalized spacial score (nSPS) is 13.8. The number of esters is 1. The Morgan fingerprint density at radius 1 is 1.69 bits per heavy atom. The summed E-state index contributed by atoms with van der Waals surface area (Å²) in [5, 5.41) is 8.74. The van der Waals surface area contributed by atoms with E-state index in [1.807, 2.05) is 0 Å². The molecule has 0 aliphatic rings. The van der Waals surface area contributed by atoms with Gasteiger partial charge < -0.3 is 20.4 Å². The first kappa shape index (κ1) is 14.9. The number of carbonyl (C=O) groups is 2. The molecule has 0 saturated heterocycles. The van der Waals surface area contributed by atoms with Crippen molar-refractivity contribution in [1.29, 1.82) is 0 Å². The quantitative estimate of drug-likeness (QED) is 0.461. The Hall–Kier alpha value is -0.650. The lowest BCUT2D eigenvalue weighted by molar-refractivity contribution is -0.146. The van der Waals surface area contributed by atoms with Crippen LogP contribution in [0, 0.1) is 0 Å². The minimum atomic E-state index is -0.775. The zero-order valence-electron chi connectivity index (χ0n) is 7.30. The van der Waals surface area contributed by atoms with Crippen LogP contribution in [0.25, 0.3) is 0 Å². The Labute approximate surface area is 82.7 Å². The Bertz CT molecular complexity index is 163. The molecule has 0 spiro atoms. The van der Waals surface area contributed by atoms with E-state index in [4.69, 9.17) is 10.8 Å². The number of hydrogen-bond donors (Lipinski definition) is 2. The number of halogens is 1. The van der Waals surface area contributed by atoms with Gasteiger partial charge in [-0.15, -0.1) is 12.4 Å². The molecule has 0 radical (unpaired) electrons. The van der Waals surface area contributed by atoms with E-state index in [0.717, 1.165) is 0 Å². The largest absolute Gasteiger partial charge is 0.463 e. The fourth-order valence-corrected chi connectivity index (χ4v) is 0.529. The van der Waals surface area contributed by atoms with Crippen molar-refractivity contribution >= 4 is 24.7 Å². The summed E-state index contributed by atoms with van der Waals surface area (Å²) in [6, 6.07) is -0.775. The smallest absolute Gasteiger partial charge is 0.308 e. The second-order valence-electron chi connectivity index (χ2n) is 2.54. The third-order valence-electron chi connectivity index (χ3n) is 1.07. The van der Waals surface area contributed by atoms with Gasteiger partial charge in [0, 0.05) is 0 Å². The molecule has 0 fully saturated rings. The standard InChI is InChI=1S/C7H13NO4.ClH/c1-5(10)2-7(11)12-4-6(8)3-9;/h3,5-6,10H,2,4,8H2,1H3;1H/t5-,6+;/m1./s1. The highest BCUT2D eigenvalue weighted by Crippen LogP contribution is 1.92. The van der Waals surface area contributed by atoms with Crippen molar-refractivity contribution in [3.8, 4) is 0 Å². The van der Waals surface area contributed by atoms with E-state index >= 15 is 0 Å². The second-order valence-corrected chi connectivity index (χ2v) is 2.54. The minimum Gasteiger partial charge on any atom is -0.463 e. The predicted molar refractivity (Wildman–Crippen MR) is 48.5 cm³/mol. The topological polar surface area (TPSA) is 89.6 Å². The molecule has 0 aromatic rings. The van der Waals surface area contributed by atoms with E-state index in [-0.39, 0.29) is 25.4 Å². The van der Waals surface area contributed by atoms with E-state index < -0.39 is 18.1 Å². The van der Waals surface area contributed by atoms with Gasteiger partial charge in [-0.1, -0.05) is 0 Å². The second kappa shape index (κ2) is 7.97. The molecular formula is C7H14ClNO4. The highest BCUT2D eigenvalue weighted by molar-refractivity contribution is 5.85. The highest BCUT2D eigenvalue weighted by Gasteiger charge is 2.08. The number of rotatable bonds is 5. The molecule has 0 bridgehead atoms. The summed E-state index contributed by atoms with van der Waals surface area (Å²) >= 11 is 0. The van der Waals surface area contributed by atoms with Crippen LogP contribution in [0.3, 0.4) is 0 Å². The molecule has 0 rings (SSSR count). The van der Waals surface area contributed by atoms with Crippen molar-refractivity contribution in [3.63, 3.8) is 0 Å². The average molecular weight is 212 g/mol. The summed E-state index contributed by atoms with van der Waals surface area (Å²) in [6.07, 6.45) is -0.314. The molecule has 0 aliphatic heterocycles. The Morgan fingerprint density at radius 2 is 2.23 bits per heavy atom. The lowest BCUT2D eigenvalue weighted by Crippen LogP contribution is -2.29. The molecule has 3 N–H and O–H groups in total. The van der Waals surface area contributed by atoms with Gasteiger partial charge in [-0.2, -0.15) is 0 Å². The number of aliphatic hydroxyl groups excluding tert-OH is 1. The van der Waals surface area contributed by atoms with Gasteiger partial charge in [0.1, 0.15) is 12.9 Å². The van der Waals surface area contributed by atoms with Crippen LogP contribution in [0.5, 0.6) is 0 Å². The molecule has 6 heteroatoms. The summed E-state index contributed by atoms with van der Waals surface area (Å²) < 4.78 is 4.55. The molecule has 0 heterocycles. The molecule has 13 heavy (non-hydrogen) atoms. The molecule has 0 aromatic carbocycles.